The van der Waals surface area contributed by atoms with Crippen LogP contribution in [0.15, 0.2) is 48.2 Å². The first kappa shape index (κ1) is 18.5. The molecule has 0 bridgehead atoms. The van der Waals surface area contributed by atoms with Crippen molar-refractivity contribution in [1.82, 2.24) is 0 Å². The lowest BCUT2D eigenvalue weighted by Crippen LogP contribution is -2.24. The van der Waals surface area contributed by atoms with Crippen molar-refractivity contribution in [3.05, 3.63) is 59.4 Å². The van der Waals surface area contributed by atoms with Crippen LogP contribution < -0.4 is 14.2 Å². The number of carbonyl (C=O) groups is 2. The molecule has 0 N–H and O–H groups in total. The van der Waals surface area contributed by atoms with Gasteiger partial charge in [-0.3, -0.25) is 4.79 Å². The highest BCUT2D eigenvalue weighted by molar-refractivity contribution is 6.14. The van der Waals surface area contributed by atoms with Crippen LogP contribution in [0.1, 0.15) is 29.8 Å². The molecule has 0 aromatic heterocycles. The molecule has 1 aliphatic rings. The number of methoxy groups -OCH3 is 1. The normalized spacial score (nSPS) is 15.1. The SMILES string of the molecule is CCOc1ccc2c(c1)O/C(=C\c1ccc(OC(C)C(=O)OC)cc1)C2=O. The highest BCUT2D eigenvalue weighted by atomic mass is 16.6. The monoisotopic (exact) mass is 368 g/mol. The van der Waals surface area contributed by atoms with Gasteiger partial charge in [0.2, 0.25) is 5.78 Å². The molecule has 0 amide bonds. The molecule has 3 rings (SSSR count). The third kappa shape index (κ3) is 4.11. The molecule has 27 heavy (non-hydrogen) atoms. The second-order valence-corrected chi connectivity index (χ2v) is 5.88. The Morgan fingerprint density at radius 1 is 1.15 bits per heavy atom. The van der Waals surface area contributed by atoms with Crippen LogP contribution in [0.25, 0.3) is 6.08 Å². The predicted octanol–water partition coefficient (Wildman–Crippen LogP) is 3.64. The van der Waals surface area contributed by atoms with Crippen LogP contribution in [0.5, 0.6) is 17.2 Å². The second-order valence-electron chi connectivity index (χ2n) is 5.88. The number of hydrogen-bond acceptors (Lipinski definition) is 6. The number of ketones is 1. The fourth-order valence-corrected chi connectivity index (χ4v) is 2.64. The minimum atomic E-state index is -0.701. The Morgan fingerprint density at radius 2 is 1.85 bits per heavy atom. The molecule has 0 saturated carbocycles. The van der Waals surface area contributed by atoms with Crippen LogP contribution in [0, 0.1) is 0 Å². The van der Waals surface area contributed by atoms with E-state index in [4.69, 9.17) is 14.2 Å². The summed E-state index contributed by atoms with van der Waals surface area (Å²) < 4.78 is 21.2. The maximum Gasteiger partial charge on any atom is 0.346 e. The lowest BCUT2D eigenvalue weighted by atomic mass is 10.1. The molecule has 1 aliphatic heterocycles. The van der Waals surface area contributed by atoms with Gasteiger partial charge in [0.05, 0.1) is 19.3 Å². The van der Waals surface area contributed by atoms with E-state index in [1.165, 1.54) is 7.11 Å². The van der Waals surface area contributed by atoms with Crippen LogP contribution >= 0.6 is 0 Å². The summed E-state index contributed by atoms with van der Waals surface area (Å²) >= 11 is 0. The molecule has 0 aliphatic carbocycles. The first-order valence-electron chi connectivity index (χ1n) is 8.57. The van der Waals surface area contributed by atoms with E-state index in [2.05, 4.69) is 4.74 Å². The largest absolute Gasteiger partial charge is 0.494 e. The van der Waals surface area contributed by atoms with E-state index >= 15 is 0 Å². The molecule has 2 aromatic carbocycles. The zero-order valence-corrected chi connectivity index (χ0v) is 15.4. The number of fused-ring (bicyclic) bond motifs is 1. The Bertz CT molecular complexity index is 882. The summed E-state index contributed by atoms with van der Waals surface area (Å²) in [4.78, 5) is 23.9. The van der Waals surface area contributed by atoms with Crippen molar-refractivity contribution in [3.63, 3.8) is 0 Å². The predicted molar refractivity (Wildman–Crippen MR) is 99.1 cm³/mol. The standard InChI is InChI=1S/C21H20O6/c1-4-25-16-9-10-17-18(12-16)27-19(20(17)22)11-14-5-7-15(8-6-14)26-13(2)21(23)24-3/h5-13H,4H2,1-3H3/b19-11-. The summed E-state index contributed by atoms with van der Waals surface area (Å²) in [6.07, 6.45) is 0.962. The molecule has 0 saturated heterocycles. The van der Waals surface area contributed by atoms with Crippen molar-refractivity contribution in [1.29, 1.82) is 0 Å². The van der Waals surface area contributed by atoms with Crippen LogP contribution in [-0.2, 0) is 9.53 Å². The highest BCUT2D eigenvalue weighted by Gasteiger charge is 2.27. The fourth-order valence-electron chi connectivity index (χ4n) is 2.64. The second kappa shape index (κ2) is 7.95. The number of rotatable bonds is 6. The van der Waals surface area contributed by atoms with E-state index in [1.807, 2.05) is 6.92 Å². The maximum absolute atomic E-state index is 12.5. The summed E-state index contributed by atoms with van der Waals surface area (Å²) in [6, 6.07) is 12.1. The molecular weight excluding hydrogens is 348 g/mol. The lowest BCUT2D eigenvalue weighted by Gasteiger charge is -2.12. The Hall–Kier alpha value is -3.28. The van der Waals surface area contributed by atoms with E-state index in [1.54, 1.807) is 55.5 Å². The zero-order chi connectivity index (χ0) is 19.4. The number of benzene rings is 2. The molecule has 140 valence electrons. The van der Waals surface area contributed by atoms with Crippen LogP contribution in [0.3, 0.4) is 0 Å². The number of esters is 1. The third-order valence-corrected chi connectivity index (χ3v) is 3.98. The van der Waals surface area contributed by atoms with Crippen LogP contribution in [-0.4, -0.2) is 31.6 Å². The van der Waals surface area contributed by atoms with Gasteiger partial charge in [-0.25, -0.2) is 4.79 Å². The molecule has 6 nitrogen and oxygen atoms in total. The smallest absolute Gasteiger partial charge is 0.346 e. The number of Topliss-reactive ketones (excluding diaryl/α,β-unsaturated/α-hetero) is 1. The Balaban J connectivity index is 1.73. The van der Waals surface area contributed by atoms with Crippen LogP contribution in [0.2, 0.25) is 0 Å². The van der Waals surface area contributed by atoms with Gasteiger partial charge in [0.15, 0.2) is 11.9 Å². The topological polar surface area (TPSA) is 71.1 Å². The zero-order valence-electron chi connectivity index (χ0n) is 15.4. The highest BCUT2D eigenvalue weighted by Crippen LogP contribution is 2.35. The minimum absolute atomic E-state index is 0.173. The minimum Gasteiger partial charge on any atom is -0.494 e. The molecule has 2 aromatic rings. The van der Waals surface area contributed by atoms with E-state index in [9.17, 15) is 9.59 Å². The van der Waals surface area contributed by atoms with Gasteiger partial charge in [0, 0.05) is 6.07 Å². The third-order valence-electron chi connectivity index (χ3n) is 3.98. The Kier molecular flexibility index (Phi) is 5.45. The van der Waals surface area contributed by atoms with E-state index < -0.39 is 12.1 Å². The van der Waals surface area contributed by atoms with E-state index in [0.29, 0.717) is 29.4 Å². The van der Waals surface area contributed by atoms with Crippen molar-refractivity contribution in [2.24, 2.45) is 0 Å². The van der Waals surface area contributed by atoms with E-state index in [0.717, 1.165) is 5.56 Å². The molecule has 0 radical (unpaired) electrons. The van der Waals surface area contributed by atoms with Gasteiger partial charge in [-0.1, -0.05) is 12.1 Å². The first-order chi connectivity index (χ1) is 13.0. The summed E-state index contributed by atoms with van der Waals surface area (Å²) in [5, 5.41) is 0. The van der Waals surface area contributed by atoms with E-state index in [-0.39, 0.29) is 11.5 Å². The Morgan fingerprint density at radius 3 is 2.52 bits per heavy atom. The first-order valence-corrected chi connectivity index (χ1v) is 8.57. The van der Waals surface area contributed by atoms with Gasteiger partial charge in [-0.05, 0) is 49.8 Å². The van der Waals surface area contributed by atoms with Crippen molar-refractivity contribution >= 4 is 17.8 Å². The number of carbonyl (C=O) groups excluding carboxylic acids is 2. The maximum atomic E-state index is 12.5. The molecule has 6 heteroatoms. The van der Waals surface area contributed by atoms with Crippen molar-refractivity contribution < 1.29 is 28.5 Å². The van der Waals surface area contributed by atoms with Crippen molar-refractivity contribution in [2.75, 3.05) is 13.7 Å². The van der Waals surface area contributed by atoms with Gasteiger partial charge in [0.1, 0.15) is 17.2 Å². The van der Waals surface area contributed by atoms with Gasteiger partial charge in [-0.15, -0.1) is 0 Å². The molecule has 0 spiro atoms. The molecule has 1 unspecified atom stereocenters. The summed E-state index contributed by atoms with van der Waals surface area (Å²) in [5.41, 5.74) is 1.28. The molecule has 0 fully saturated rings. The number of ether oxygens (including phenoxy) is 4. The van der Waals surface area contributed by atoms with Gasteiger partial charge in [0.25, 0.3) is 0 Å². The van der Waals surface area contributed by atoms with Gasteiger partial charge < -0.3 is 18.9 Å². The lowest BCUT2D eigenvalue weighted by molar-refractivity contribution is -0.147. The van der Waals surface area contributed by atoms with Gasteiger partial charge in [-0.2, -0.15) is 0 Å². The molecule has 1 heterocycles. The summed E-state index contributed by atoms with van der Waals surface area (Å²) in [6.45, 7) is 4.04. The molecular formula is C21H20O6. The van der Waals surface area contributed by atoms with Crippen molar-refractivity contribution in [3.8, 4) is 17.2 Å². The van der Waals surface area contributed by atoms with Gasteiger partial charge >= 0.3 is 5.97 Å². The Labute approximate surface area is 157 Å². The molecule has 1 atom stereocenters. The quantitative estimate of drug-likeness (QED) is 0.573. The summed E-state index contributed by atoms with van der Waals surface area (Å²) in [5.74, 6) is 1.30. The summed E-state index contributed by atoms with van der Waals surface area (Å²) in [7, 11) is 1.31. The fraction of sp³-hybridized carbons (Fsp3) is 0.238. The number of allylic oxidation sites excluding steroid dienone is 1. The number of hydrogen-bond donors (Lipinski definition) is 0. The average molecular weight is 368 g/mol. The van der Waals surface area contributed by atoms with Crippen molar-refractivity contribution in [2.45, 2.75) is 20.0 Å². The average Bonchev–Trinajstić information content (AvgIpc) is 2.98. The van der Waals surface area contributed by atoms with Crippen LogP contribution in [0.4, 0.5) is 0 Å².